The lowest BCUT2D eigenvalue weighted by Gasteiger charge is -2.12. The van der Waals surface area contributed by atoms with Crippen molar-refractivity contribution in [3.8, 4) is 17.0 Å². The first-order valence-electron chi connectivity index (χ1n) is 8.98. The number of pyridine rings is 2. The van der Waals surface area contributed by atoms with Crippen molar-refractivity contribution in [1.82, 2.24) is 19.4 Å². The predicted molar refractivity (Wildman–Crippen MR) is 118 cm³/mol. The highest BCUT2D eigenvalue weighted by Crippen LogP contribution is 2.31. The van der Waals surface area contributed by atoms with Gasteiger partial charge in [0.25, 0.3) is 15.6 Å². The van der Waals surface area contributed by atoms with Crippen LogP contribution in [0.25, 0.3) is 16.8 Å². The van der Waals surface area contributed by atoms with Gasteiger partial charge in [-0.1, -0.05) is 0 Å². The number of nitrogens with one attached hydrogen (secondary N) is 1. The van der Waals surface area contributed by atoms with E-state index in [1.165, 1.54) is 23.9 Å². The lowest BCUT2D eigenvalue weighted by Crippen LogP contribution is -2.17. The summed E-state index contributed by atoms with van der Waals surface area (Å²) >= 11 is 1.08. The first-order valence-corrected chi connectivity index (χ1v) is 11.3. The fourth-order valence-electron chi connectivity index (χ4n) is 3.03. The molecule has 0 saturated heterocycles. The predicted octanol–water partition coefficient (Wildman–Crippen LogP) is 2.22. The zero-order valence-electron chi connectivity index (χ0n) is 16.8. The molecule has 0 radical (unpaired) electrons. The lowest BCUT2D eigenvalue weighted by atomic mass is 10.1. The van der Waals surface area contributed by atoms with Gasteiger partial charge in [-0.05, 0) is 32.0 Å². The van der Waals surface area contributed by atoms with E-state index in [4.69, 9.17) is 10.5 Å². The summed E-state index contributed by atoms with van der Waals surface area (Å²) in [6.07, 6.45) is 4.68. The molecule has 160 valence electrons. The van der Waals surface area contributed by atoms with E-state index in [2.05, 4.69) is 19.7 Å². The molecule has 3 N–H and O–H groups in total. The molecule has 0 aliphatic carbocycles. The van der Waals surface area contributed by atoms with Crippen molar-refractivity contribution in [3.63, 3.8) is 0 Å². The Morgan fingerprint density at radius 2 is 1.94 bits per heavy atom. The Labute approximate surface area is 181 Å². The number of nitrogen functional groups attached to an aromatic ring is 1. The molecule has 4 aromatic heterocycles. The van der Waals surface area contributed by atoms with Crippen molar-refractivity contribution >= 4 is 37.8 Å². The number of rotatable bonds is 5. The molecule has 0 aliphatic rings. The van der Waals surface area contributed by atoms with Crippen molar-refractivity contribution in [3.05, 3.63) is 57.6 Å². The van der Waals surface area contributed by atoms with Gasteiger partial charge >= 0.3 is 0 Å². The first-order chi connectivity index (χ1) is 14.7. The number of sulfonamides is 1. The van der Waals surface area contributed by atoms with Gasteiger partial charge in [0.1, 0.15) is 11.3 Å². The number of aromatic nitrogens is 4. The van der Waals surface area contributed by atoms with Crippen LogP contribution in [0.2, 0.25) is 0 Å². The van der Waals surface area contributed by atoms with Gasteiger partial charge in [0.15, 0.2) is 10.2 Å². The number of hydrogen-bond acceptors (Lipinski definition) is 9. The number of methoxy groups -OCH3 is 1. The molecule has 4 heterocycles. The summed E-state index contributed by atoms with van der Waals surface area (Å²) < 4.78 is 34.8. The minimum Gasteiger partial charge on any atom is -0.480 e. The second kappa shape index (κ2) is 7.63. The number of nitrogens with zero attached hydrogens (tertiary/aromatic N) is 4. The van der Waals surface area contributed by atoms with Crippen LogP contribution in [0.15, 0.2) is 46.6 Å². The molecule has 10 nitrogen and oxygen atoms in total. The van der Waals surface area contributed by atoms with Gasteiger partial charge in [-0.15, -0.1) is 11.3 Å². The van der Waals surface area contributed by atoms with E-state index in [1.54, 1.807) is 38.2 Å². The highest BCUT2D eigenvalue weighted by molar-refractivity contribution is 7.92. The Kier molecular flexibility index (Phi) is 5.11. The van der Waals surface area contributed by atoms with Crippen LogP contribution in [0.3, 0.4) is 0 Å². The van der Waals surface area contributed by atoms with E-state index < -0.39 is 10.0 Å². The van der Waals surface area contributed by atoms with Crippen LogP contribution in [0, 0.1) is 13.8 Å². The van der Waals surface area contributed by atoms with Gasteiger partial charge in [0.05, 0.1) is 7.11 Å². The summed E-state index contributed by atoms with van der Waals surface area (Å²) in [6.45, 7) is 3.31. The maximum Gasteiger partial charge on any atom is 0.280 e. The average Bonchev–Trinajstić information content (AvgIpc) is 3.09. The topological polar surface area (TPSA) is 142 Å². The van der Waals surface area contributed by atoms with Crippen molar-refractivity contribution in [2.45, 2.75) is 18.9 Å². The molecule has 0 spiro atoms. The molecule has 0 bridgehead atoms. The number of hydrogen-bond donors (Lipinski definition) is 2. The second-order valence-electron chi connectivity index (χ2n) is 6.69. The molecule has 31 heavy (non-hydrogen) atoms. The van der Waals surface area contributed by atoms with Crippen molar-refractivity contribution < 1.29 is 13.2 Å². The number of anilines is 2. The summed E-state index contributed by atoms with van der Waals surface area (Å²) in [5, 5.41) is 0.00323. The molecule has 12 heteroatoms. The normalized spacial score (nSPS) is 11.6. The zero-order valence-corrected chi connectivity index (χ0v) is 18.4. The number of fused-ring (bicyclic) bond motifs is 1. The Balaban J connectivity index is 1.80. The monoisotopic (exact) mass is 458 g/mol. The third-order valence-corrected chi connectivity index (χ3v) is 6.85. The number of aryl methyl sites for hydroxylation is 2. The molecule has 0 aliphatic heterocycles. The molecule has 0 atom stereocenters. The smallest absolute Gasteiger partial charge is 0.280 e. The van der Waals surface area contributed by atoms with E-state index in [0.717, 1.165) is 11.3 Å². The van der Waals surface area contributed by atoms with Gasteiger partial charge in [-0.25, -0.2) is 15.0 Å². The third kappa shape index (κ3) is 3.82. The number of ether oxygens (including phenoxy) is 1. The molecule has 4 rings (SSSR count). The Morgan fingerprint density at radius 3 is 2.61 bits per heavy atom. The van der Waals surface area contributed by atoms with E-state index in [0.29, 0.717) is 27.2 Å². The fourth-order valence-corrected chi connectivity index (χ4v) is 5.26. The van der Waals surface area contributed by atoms with Gasteiger partial charge in [-0.3, -0.25) is 13.9 Å². The van der Waals surface area contributed by atoms with Crippen molar-refractivity contribution in [2.75, 3.05) is 17.6 Å². The van der Waals surface area contributed by atoms with Gasteiger partial charge in [0.2, 0.25) is 5.88 Å². The fraction of sp³-hybridized carbons (Fsp3) is 0.158. The number of thiazole rings is 1. The van der Waals surface area contributed by atoms with Crippen LogP contribution in [-0.2, 0) is 10.0 Å². The van der Waals surface area contributed by atoms with Crippen LogP contribution in [0.5, 0.6) is 5.88 Å². The first kappa shape index (κ1) is 20.8. The van der Waals surface area contributed by atoms with Crippen LogP contribution in [0.1, 0.15) is 10.4 Å². The van der Waals surface area contributed by atoms with Crippen LogP contribution >= 0.6 is 11.3 Å². The maximum atomic E-state index is 12.8. The van der Waals surface area contributed by atoms with Crippen molar-refractivity contribution in [2.24, 2.45) is 0 Å². The van der Waals surface area contributed by atoms with Crippen LogP contribution in [-0.4, -0.2) is 34.9 Å². The Hall–Kier alpha value is -3.51. The standard InChI is InChI=1S/C19H18N6O4S2/c1-10-7-21-15-5-4-12(9-25(15)18(10)26)13-6-14(16(29-3)22-8-13)24-31(27,28)17-11(2)30-19(20)23-17/h4-9,24H,1-3H3,(H2,20,23). The summed E-state index contributed by atoms with van der Waals surface area (Å²) in [7, 11) is -2.63. The minimum atomic E-state index is -4.02. The van der Waals surface area contributed by atoms with E-state index in [-0.39, 0.29) is 27.3 Å². The molecular formula is C19H18N6O4S2. The summed E-state index contributed by atoms with van der Waals surface area (Å²) in [5.74, 6) is 0.0867. The Morgan fingerprint density at radius 1 is 1.16 bits per heavy atom. The lowest BCUT2D eigenvalue weighted by molar-refractivity contribution is 0.400. The molecule has 0 fully saturated rings. The summed E-state index contributed by atoms with van der Waals surface area (Å²) in [4.78, 5) is 25.2. The molecule has 4 aromatic rings. The summed E-state index contributed by atoms with van der Waals surface area (Å²) in [6, 6.07) is 5.04. The maximum absolute atomic E-state index is 12.8. The zero-order chi connectivity index (χ0) is 22.3. The molecule has 0 unspecified atom stereocenters. The summed E-state index contributed by atoms with van der Waals surface area (Å²) in [5.41, 5.74) is 7.80. The van der Waals surface area contributed by atoms with Crippen molar-refractivity contribution in [1.29, 1.82) is 0 Å². The third-order valence-electron chi connectivity index (χ3n) is 4.52. The molecule has 0 aromatic carbocycles. The van der Waals surface area contributed by atoms with E-state index in [9.17, 15) is 13.2 Å². The molecule has 0 saturated carbocycles. The molecular weight excluding hydrogens is 440 g/mol. The quantitative estimate of drug-likeness (QED) is 0.464. The van der Waals surface area contributed by atoms with Gasteiger partial charge in [0, 0.05) is 40.2 Å². The van der Waals surface area contributed by atoms with E-state index in [1.807, 2.05) is 0 Å². The molecule has 0 amide bonds. The highest BCUT2D eigenvalue weighted by atomic mass is 32.2. The highest BCUT2D eigenvalue weighted by Gasteiger charge is 2.23. The van der Waals surface area contributed by atoms with Crippen LogP contribution < -0.4 is 20.8 Å². The largest absolute Gasteiger partial charge is 0.480 e. The van der Waals surface area contributed by atoms with Gasteiger partial charge < -0.3 is 10.5 Å². The second-order valence-corrected chi connectivity index (χ2v) is 9.52. The average molecular weight is 459 g/mol. The Bertz CT molecular complexity index is 1480. The SMILES string of the molecule is COc1ncc(-c2ccc3ncc(C)c(=O)n3c2)cc1NS(=O)(=O)c1nc(N)sc1C. The minimum absolute atomic E-state index is 0.0867. The van der Waals surface area contributed by atoms with Gasteiger partial charge in [-0.2, -0.15) is 8.42 Å². The number of nitrogens with two attached hydrogens (primary N) is 1. The van der Waals surface area contributed by atoms with Crippen LogP contribution in [0.4, 0.5) is 10.8 Å². The van der Waals surface area contributed by atoms with E-state index >= 15 is 0 Å².